The van der Waals surface area contributed by atoms with Crippen LogP contribution in [0.2, 0.25) is 0 Å². The molecular formula is C17H21N3O6S. The molecule has 0 atom stereocenters. The van der Waals surface area contributed by atoms with Gasteiger partial charge in [0.05, 0.1) is 0 Å². The zero-order chi connectivity index (χ0) is 20.0. The van der Waals surface area contributed by atoms with Gasteiger partial charge >= 0.3 is 5.97 Å². The molecular weight excluding hydrogens is 374 g/mol. The van der Waals surface area contributed by atoms with Crippen LogP contribution >= 0.6 is 0 Å². The fraction of sp³-hybridized carbons (Fsp3) is 0.353. The summed E-state index contributed by atoms with van der Waals surface area (Å²) in [4.78, 5) is 25.4. The summed E-state index contributed by atoms with van der Waals surface area (Å²) in [5, 5.41) is 3.57. The molecule has 27 heavy (non-hydrogen) atoms. The van der Waals surface area contributed by atoms with Crippen molar-refractivity contribution >= 4 is 27.6 Å². The van der Waals surface area contributed by atoms with E-state index in [1.54, 1.807) is 31.2 Å². The summed E-state index contributed by atoms with van der Waals surface area (Å²) in [6.07, 6.45) is 0. The number of carbonyl (C=O) groups excluding carboxylic acids is 2. The second-order valence-corrected chi connectivity index (χ2v) is 7.32. The van der Waals surface area contributed by atoms with E-state index in [-0.39, 0.29) is 16.3 Å². The fourth-order valence-electron chi connectivity index (χ4n) is 2.47. The highest BCUT2D eigenvalue weighted by Gasteiger charge is 2.25. The molecule has 0 fully saturated rings. The van der Waals surface area contributed by atoms with E-state index < -0.39 is 35.1 Å². The summed E-state index contributed by atoms with van der Waals surface area (Å²) in [7, 11) is -3.98. The van der Waals surface area contributed by atoms with Gasteiger partial charge in [-0.15, -0.1) is 0 Å². The number of esters is 1. The van der Waals surface area contributed by atoms with Gasteiger partial charge in [0, 0.05) is 12.2 Å². The largest absolute Gasteiger partial charge is 0.455 e. The number of anilines is 1. The first kappa shape index (κ1) is 20.6. The Morgan fingerprint density at radius 2 is 1.89 bits per heavy atom. The molecule has 0 spiro atoms. The molecule has 2 aromatic rings. The molecule has 0 radical (unpaired) electrons. The number of sulfonamides is 1. The van der Waals surface area contributed by atoms with E-state index in [1.165, 1.54) is 18.7 Å². The van der Waals surface area contributed by atoms with Crippen molar-refractivity contribution in [2.24, 2.45) is 0 Å². The smallest absolute Gasteiger partial charge is 0.321 e. The summed E-state index contributed by atoms with van der Waals surface area (Å²) in [5.74, 6) is -1.17. The molecule has 0 saturated heterocycles. The average molecular weight is 395 g/mol. The van der Waals surface area contributed by atoms with Crippen LogP contribution in [0.4, 0.5) is 5.69 Å². The monoisotopic (exact) mass is 395 g/mol. The van der Waals surface area contributed by atoms with Crippen LogP contribution in [0.1, 0.15) is 18.4 Å². The quantitative estimate of drug-likeness (QED) is 0.666. The van der Waals surface area contributed by atoms with E-state index >= 15 is 0 Å². The third-order valence-corrected chi connectivity index (χ3v) is 5.33. The normalized spacial score (nSPS) is 11.2. The molecule has 1 aromatic carbocycles. The number of aryl methyl sites for hydroxylation is 2. The Morgan fingerprint density at radius 3 is 2.44 bits per heavy atom. The minimum absolute atomic E-state index is 0.116. The van der Waals surface area contributed by atoms with Crippen molar-refractivity contribution in [2.75, 3.05) is 24.6 Å². The second kappa shape index (κ2) is 8.78. The Morgan fingerprint density at radius 1 is 1.22 bits per heavy atom. The van der Waals surface area contributed by atoms with Crippen molar-refractivity contribution in [1.82, 2.24) is 9.88 Å². The second-order valence-electron chi connectivity index (χ2n) is 5.61. The minimum Gasteiger partial charge on any atom is -0.455 e. The lowest BCUT2D eigenvalue weighted by Gasteiger charge is -2.20. The van der Waals surface area contributed by atoms with Gasteiger partial charge in [-0.3, -0.25) is 9.59 Å². The van der Waals surface area contributed by atoms with Crippen LogP contribution < -0.4 is 9.62 Å². The Kier molecular flexibility index (Phi) is 6.70. The van der Waals surface area contributed by atoms with Gasteiger partial charge in [-0.2, -0.15) is 4.72 Å². The standard InChI is InChI=1S/C17H21N3O6S/c1-4-20(14-8-6-5-7-9-14)15(21)11-25-16(22)10-18-27(23,24)17-12(2)19-26-13(17)3/h5-9,18H,4,10-11H2,1-3H3. The van der Waals surface area contributed by atoms with Gasteiger partial charge in [-0.05, 0) is 32.9 Å². The Hall–Kier alpha value is -2.72. The number of likely N-dealkylation sites (N-methyl/N-ethyl adjacent to an activating group) is 1. The van der Waals surface area contributed by atoms with Crippen molar-refractivity contribution in [3.05, 3.63) is 41.8 Å². The summed E-state index contributed by atoms with van der Waals surface area (Å²) in [6, 6.07) is 8.94. The highest BCUT2D eigenvalue weighted by atomic mass is 32.2. The maximum absolute atomic E-state index is 12.2. The molecule has 146 valence electrons. The molecule has 0 unspecified atom stereocenters. The Labute approximate surface area is 157 Å². The molecule has 0 aliphatic heterocycles. The van der Waals surface area contributed by atoms with Crippen molar-refractivity contribution in [3.8, 4) is 0 Å². The van der Waals surface area contributed by atoms with Crippen molar-refractivity contribution < 1.29 is 27.3 Å². The summed E-state index contributed by atoms with van der Waals surface area (Å²) < 4.78 is 36.3. The lowest BCUT2D eigenvalue weighted by Crippen LogP contribution is -2.36. The number of aromatic nitrogens is 1. The first-order valence-corrected chi connectivity index (χ1v) is 9.68. The van der Waals surface area contributed by atoms with Gasteiger partial charge in [0.1, 0.15) is 17.1 Å². The number of hydrogen-bond donors (Lipinski definition) is 1. The van der Waals surface area contributed by atoms with Crippen molar-refractivity contribution in [1.29, 1.82) is 0 Å². The number of carbonyl (C=O) groups is 2. The van der Waals surface area contributed by atoms with Crippen LogP contribution in [0.3, 0.4) is 0 Å². The van der Waals surface area contributed by atoms with E-state index in [0.717, 1.165) is 0 Å². The Bertz CT molecular complexity index is 889. The highest BCUT2D eigenvalue weighted by molar-refractivity contribution is 7.89. The summed E-state index contributed by atoms with van der Waals surface area (Å²) in [5.41, 5.74) is 0.866. The topological polar surface area (TPSA) is 119 Å². The lowest BCUT2D eigenvalue weighted by atomic mass is 10.3. The predicted octanol–water partition coefficient (Wildman–Crippen LogP) is 1.17. The molecule has 0 saturated carbocycles. The third-order valence-electron chi connectivity index (χ3n) is 3.68. The summed E-state index contributed by atoms with van der Waals surface area (Å²) >= 11 is 0. The van der Waals surface area contributed by atoms with Crippen LogP contribution in [-0.4, -0.2) is 45.1 Å². The van der Waals surface area contributed by atoms with Gasteiger partial charge in [0.2, 0.25) is 10.0 Å². The number of ether oxygens (including phenoxy) is 1. The zero-order valence-electron chi connectivity index (χ0n) is 15.3. The first-order valence-electron chi connectivity index (χ1n) is 8.19. The molecule has 1 N–H and O–H groups in total. The Balaban J connectivity index is 1.90. The number of nitrogens with zero attached hydrogens (tertiary/aromatic N) is 2. The molecule has 0 bridgehead atoms. The van der Waals surface area contributed by atoms with Gasteiger partial charge in [-0.1, -0.05) is 23.4 Å². The van der Waals surface area contributed by atoms with Crippen molar-refractivity contribution in [2.45, 2.75) is 25.7 Å². The van der Waals surface area contributed by atoms with E-state index in [1.807, 2.05) is 6.07 Å². The number of rotatable bonds is 8. The van der Waals surface area contributed by atoms with Gasteiger partial charge in [0.15, 0.2) is 12.4 Å². The van der Waals surface area contributed by atoms with Gasteiger partial charge in [-0.25, -0.2) is 8.42 Å². The molecule has 0 aliphatic rings. The lowest BCUT2D eigenvalue weighted by molar-refractivity contribution is -0.146. The van der Waals surface area contributed by atoms with E-state index in [0.29, 0.717) is 12.2 Å². The van der Waals surface area contributed by atoms with E-state index in [9.17, 15) is 18.0 Å². The van der Waals surface area contributed by atoms with Crippen molar-refractivity contribution in [3.63, 3.8) is 0 Å². The third kappa shape index (κ3) is 5.14. The number of para-hydroxylation sites is 1. The fourth-order valence-corrected chi connectivity index (χ4v) is 3.76. The predicted molar refractivity (Wildman–Crippen MR) is 96.6 cm³/mol. The maximum Gasteiger partial charge on any atom is 0.321 e. The number of benzene rings is 1. The van der Waals surface area contributed by atoms with E-state index in [2.05, 4.69) is 9.88 Å². The minimum atomic E-state index is -3.98. The molecule has 10 heteroatoms. The first-order chi connectivity index (χ1) is 12.8. The number of hydrogen-bond acceptors (Lipinski definition) is 7. The number of amides is 1. The van der Waals surface area contributed by atoms with Gasteiger partial charge < -0.3 is 14.2 Å². The van der Waals surface area contributed by atoms with Crippen LogP contribution in [-0.2, 0) is 24.3 Å². The molecule has 1 amide bonds. The molecule has 1 heterocycles. The summed E-state index contributed by atoms with van der Waals surface area (Å²) in [6.45, 7) is 4.02. The van der Waals surface area contributed by atoms with Crippen LogP contribution in [0.15, 0.2) is 39.8 Å². The number of nitrogens with one attached hydrogen (secondary N) is 1. The molecule has 2 rings (SSSR count). The van der Waals surface area contributed by atoms with Crippen LogP contribution in [0.25, 0.3) is 0 Å². The van der Waals surface area contributed by atoms with E-state index in [4.69, 9.17) is 9.26 Å². The van der Waals surface area contributed by atoms with Crippen LogP contribution in [0.5, 0.6) is 0 Å². The van der Waals surface area contributed by atoms with Crippen LogP contribution in [0, 0.1) is 13.8 Å². The average Bonchev–Trinajstić information content (AvgIpc) is 2.99. The molecule has 0 aliphatic carbocycles. The SMILES string of the molecule is CCN(C(=O)COC(=O)CNS(=O)(=O)c1c(C)noc1C)c1ccccc1. The molecule has 1 aromatic heterocycles. The highest BCUT2D eigenvalue weighted by Crippen LogP contribution is 2.18. The van der Waals surface area contributed by atoms with Gasteiger partial charge in [0.25, 0.3) is 5.91 Å². The zero-order valence-corrected chi connectivity index (χ0v) is 16.1. The molecule has 9 nitrogen and oxygen atoms in total. The maximum atomic E-state index is 12.2.